The zero-order valence-corrected chi connectivity index (χ0v) is 12.7. The molecule has 0 bridgehead atoms. The predicted molar refractivity (Wildman–Crippen MR) is 74.7 cm³/mol. The van der Waals surface area contributed by atoms with Crippen molar-refractivity contribution in [1.82, 2.24) is 10.6 Å². The van der Waals surface area contributed by atoms with Gasteiger partial charge in [0.1, 0.15) is 0 Å². The van der Waals surface area contributed by atoms with Crippen molar-refractivity contribution in [3.05, 3.63) is 0 Å². The third-order valence-corrected chi connectivity index (χ3v) is 4.95. The van der Waals surface area contributed by atoms with Crippen LogP contribution in [0, 0.1) is 17.8 Å². The zero-order chi connectivity index (χ0) is 15.6. The third-order valence-electron chi connectivity index (χ3n) is 4.95. The lowest BCUT2D eigenvalue weighted by Crippen LogP contribution is -2.54. The number of hydrogen-bond donors (Lipinski definition) is 2. The molecular weight excluding hydrogens is 281 g/mol. The van der Waals surface area contributed by atoms with Gasteiger partial charge >= 0.3 is 6.18 Å². The van der Waals surface area contributed by atoms with E-state index in [-0.39, 0.29) is 31.3 Å². The highest BCUT2D eigenvalue weighted by atomic mass is 19.4. The lowest BCUT2D eigenvalue weighted by atomic mass is 9.79. The smallest absolute Gasteiger partial charge is 0.352 e. The molecule has 1 saturated heterocycles. The van der Waals surface area contributed by atoms with Crippen LogP contribution < -0.4 is 10.6 Å². The average molecular weight is 306 g/mol. The molecule has 0 radical (unpaired) electrons. The highest BCUT2D eigenvalue weighted by molar-refractivity contribution is 5.82. The van der Waals surface area contributed by atoms with Gasteiger partial charge in [-0.05, 0) is 43.9 Å². The van der Waals surface area contributed by atoms with E-state index in [1.165, 1.54) is 0 Å². The topological polar surface area (TPSA) is 41.1 Å². The molecule has 3 nitrogen and oxygen atoms in total. The maximum Gasteiger partial charge on any atom is 0.393 e. The van der Waals surface area contributed by atoms with E-state index >= 15 is 0 Å². The van der Waals surface area contributed by atoms with Gasteiger partial charge in [-0.25, -0.2) is 0 Å². The van der Waals surface area contributed by atoms with Gasteiger partial charge in [0.15, 0.2) is 0 Å². The Morgan fingerprint density at radius 3 is 2.38 bits per heavy atom. The van der Waals surface area contributed by atoms with Crippen LogP contribution in [0.25, 0.3) is 0 Å². The minimum atomic E-state index is -4.16. The van der Waals surface area contributed by atoms with Crippen LogP contribution in [0.3, 0.4) is 0 Å². The highest BCUT2D eigenvalue weighted by Crippen LogP contribution is 2.32. The van der Waals surface area contributed by atoms with Crippen LogP contribution in [-0.2, 0) is 4.79 Å². The molecule has 1 heterocycles. The monoisotopic (exact) mass is 306 g/mol. The fourth-order valence-corrected chi connectivity index (χ4v) is 3.52. The molecule has 5 atom stereocenters. The van der Waals surface area contributed by atoms with Crippen LogP contribution in [0.15, 0.2) is 0 Å². The Balaban J connectivity index is 1.80. The van der Waals surface area contributed by atoms with Crippen molar-refractivity contribution >= 4 is 5.91 Å². The largest absolute Gasteiger partial charge is 0.393 e. The number of nitrogens with one attached hydrogen (secondary N) is 2. The Kier molecular flexibility index (Phi) is 5.17. The second-order valence-corrected chi connectivity index (χ2v) is 6.79. The summed E-state index contributed by atoms with van der Waals surface area (Å²) in [5.74, 6) is -0.337. The van der Waals surface area contributed by atoms with Crippen molar-refractivity contribution < 1.29 is 18.0 Å². The van der Waals surface area contributed by atoms with E-state index in [0.717, 1.165) is 19.3 Å². The lowest BCUT2D eigenvalue weighted by molar-refractivity contribution is -0.180. The molecular formula is C15H25F3N2O. The number of halogens is 3. The van der Waals surface area contributed by atoms with E-state index < -0.39 is 18.1 Å². The summed E-state index contributed by atoms with van der Waals surface area (Å²) in [6.07, 6.45) is -0.712. The Hall–Kier alpha value is -0.780. The second kappa shape index (κ2) is 6.55. The van der Waals surface area contributed by atoms with Crippen molar-refractivity contribution in [3.63, 3.8) is 0 Å². The molecule has 0 spiro atoms. The van der Waals surface area contributed by atoms with E-state index in [4.69, 9.17) is 0 Å². The molecule has 2 fully saturated rings. The minimum absolute atomic E-state index is 0.0336. The number of alkyl halides is 3. The van der Waals surface area contributed by atoms with Gasteiger partial charge in [-0.15, -0.1) is 0 Å². The number of amides is 1. The second-order valence-electron chi connectivity index (χ2n) is 6.79. The molecule has 21 heavy (non-hydrogen) atoms. The molecule has 2 N–H and O–H groups in total. The molecule has 1 aliphatic heterocycles. The summed E-state index contributed by atoms with van der Waals surface area (Å²) in [4.78, 5) is 12.2. The number of piperidine rings is 1. The summed E-state index contributed by atoms with van der Waals surface area (Å²) in [5.41, 5.74) is 0. The van der Waals surface area contributed by atoms with E-state index in [9.17, 15) is 18.0 Å². The Bertz CT molecular complexity index is 364. The first-order valence-corrected chi connectivity index (χ1v) is 7.88. The number of carbonyl (C=O) groups is 1. The van der Waals surface area contributed by atoms with Gasteiger partial charge in [0, 0.05) is 12.6 Å². The van der Waals surface area contributed by atoms with Crippen LogP contribution in [0.2, 0.25) is 0 Å². The molecule has 1 amide bonds. The first-order valence-electron chi connectivity index (χ1n) is 7.88. The SMILES string of the molecule is CC1CCC(NC(=O)C2CCC(C(F)(F)F)CN2)C(C)C1. The Morgan fingerprint density at radius 1 is 1.14 bits per heavy atom. The summed E-state index contributed by atoms with van der Waals surface area (Å²) >= 11 is 0. The molecule has 122 valence electrons. The molecule has 1 saturated carbocycles. The van der Waals surface area contributed by atoms with Crippen molar-refractivity contribution in [1.29, 1.82) is 0 Å². The fraction of sp³-hybridized carbons (Fsp3) is 0.933. The lowest BCUT2D eigenvalue weighted by Gasteiger charge is -2.35. The van der Waals surface area contributed by atoms with Gasteiger partial charge in [-0.3, -0.25) is 4.79 Å². The minimum Gasteiger partial charge on any atom is -0.352 e. The van der Waals surface area contributed by atoms with Gasteiger partial charge < -0.3 is 10.6 Å². The first kappa shape index (κ1) is 16.6. The van der Waals surface area contributed by atoms with E-state index in [1.54, 1.807) is 0 Å². The molecule has 2 aliphatic rings. The number of carbonyl (C=O) groups excluding carboxylic acids is 1. The van der Waals surface area contributed by atoms with E-state index in [0.29, 0.717) is 11.8 Å². The Morgan fingerprint density at radius 2 is 1.86 bits per heavy atom. The summed E-state index contributed by atoms with van der Waals surface area (Å²) in [5, 5.41) is 5.79. The zero-order valence-electron chi connectivity index (χ0n) is 12.7. The Labute approximate surface area is 124 Å². The number of hydrogen-bond acceptors (Lipinski definition) is 2. The summed E-state index contributed by atoms with van der Waals surface area (Å²) in [6, 6.07) is -0.314. The molecule has 6 heteroatoms. The van der Waals surface area contributed by atoms with Crippen LogP contribution in [0.4, 0.5) is 13.2 Å². The van der Waals surface area contributed by atoms with Gasteiger partial charge in [-0.2, -0.15) is 13.2 Å². The quantitative estimate of drug-likeness (QED) is 0.823. The van der Waals surface area contributed by atoms with Crippen molar-refractivity contribution in [2.75, 3.05) is 6.54 Å². The van der Waals surface area contributed by atoms with Crippen LogP contribution in [0.5, 0.6) is 0 Å². The standard InChI is InChI=1S/C15H25F3N2O/c1-9-3-5-12(10(2)7-9)20-14(21)13-6-4-11(8-19-13)15(16,17)18/h9-13,19H,3-8H2,1-2H3,(H,20,21). The average Bonchev–Trinajstić information content (AvgIpc) is 2.41. The van der Waals surface area contributed by atoms with Crippen molar-refractivity contribution in [2.24, 2.45) is 17.8 Å². The van der Waals surface area contributed by atoms with Crippen LogP contribution >= 0.6 is 0 Å². The van der Waals surface area contributed by atoms with Crippen molar-refractivity contribution in [3.8, 4) is 0 Å². The predicted octanol–water partition coefficient (Wildman–Crippen LogP) is 2.86. The van der Waals surface area contributed by atoms with E-state index in [1.807, 2.05) is 0 Å². The summed E-state index contributed by atoms with van der Waals surface area (Å²) in [6.45, 7) is 4.20. The summed E-state index contributed by atoms with van der Waals surface area (Å²) in [7, 11) is 0. The first-order chi connectivity index (χ1) is 9.77. The van der Waals surface area contributed by atoms with Gasteiger partial charge in [0.2, 0.25) is 5.91 Å². The van der Waals surface area contributed by atoms with Gasteiger partial charge in [0.25, 0.3) is 0 Å². The van der Waals surface area contributed by atoms with Gasteiger partial charge in [0.05, 0.1) is 12.0 Å². The molecule has 5 unspecified atom stereocenters. The summed E-state index contributed by atoms with van der Waals surface area (Å²) < 4.78 is 37.8. The molecule has 0 aromatic heterocycles. The number of rotatable bonds is 2. The van der Waals surface area contributed by atoms with Crippen LogP contribution in [-0.4, -0.2) is 30.7 Å². The van der Waals surface area contributed by atoms with Gasteiger partial charge in [-0.1, -0.05) is 13.8 Å². The molecule has 0 aromatic carbocycles. The maximum absolute atomic E-state index is 12.6. The van der Waals surface area contributed by atoms with Crippen LogP contribution in [0.1, 0.15) is 46.0 Å². The fourth-order valence-electron chi connectivity index (χ4n) is 3.52. The normalized spacial score (nSPS) is 38.0. The van der Waals surface area contributed by atoms with Crippen molar-refractivity contribution in [2.45, 2.75) is 64.2 Å². The third kappa shape index (κ3) is 4.34. The van der Waals surface area contributed by atoms with E-state index in [2.05, 4.69) is 24.5 Å². The molecule has 1 aliphatic carbocycles. The molecule has 2 rings (SSSR count). The maximum atomic E-state index is 12.6. The molecule has 0 aromatic rings. The highest BCUT2D eigenvalue weighted by Gasteiger charge is 2.42.